The van der Waals surface area contributed by atoms with Crippen molar-refractivity contribution in [2.45, 2.75) is 25.0 Å². The van der Waals surface area contributed by atoms with Crippen LogP contribution in [-0.4, -0.2) is 49.6 Å². The second-order valence-corrected chi connectivity index (χ2v) is 6.73. The van der Waals surface area contributed by atoms with E-state index >= 15 is 0 Å². The number of anilines is 2. The number of piperidine rings is 1. The van der Waals surface area contributed by atoms with E-state index < -0.39 is 12.2 Å². The summed E-state index contributed by atoms with van der Waals surface area (Å²) in [5.74, 6) is -0.0424. The van der Waals surface area contributed by atoms with E-state index in [0.29, 0.717) is 17.3 Å². The Hall–Kier alpha value is -2.81. The molecule has 3 heterocycles. The van der Waals surface area contributed by atoms with Gasteiger partial charge < -0.3 is 24.6 Å². The van der Waals surface area contributed by atoms with E-state index in [4.69, 9.17) is 15.2 Å². The highest BCUT2D eigenvalue weighted by Gasteiger charge is 2.33. The van der Waals surface area contributed by atoms with Crippen LogP contribution in [0.2, 0.25) is 0 Å². The molecule has 2 aromatic rings. The van der Waals surface area contributed by atoms with Crippen LogP contribution in [0.15, 0.2) is 35.1 Å². The predicted molar refractivity (Wildman–Crippen MR) is 95.4 cm³/mol. The summed E-state index contributed by atoms with van der Waals surface area (Å²) in [6.45, 7) is 1.87. The summed E-state index contributed by atoms with van der Waals surface area (Å²) in [5.41, 5.74) is 6.89. The molecule has 0 spiro atoms. The summed E-state index contributed by atoms with van der Waals surface area (Å²) in [6.07, 6.45) is 2.07. The molecule has 1 unspecified atom stereocenters. The number of hydrogen-bond donors (Lipinski definition) is 1. The number of nitrogens with two attached hydrogens (primary N) is 1. The molecule has 2 fully saturated rings. The minimum atomic E-state index is -0.528. The van der Waals surface area contributed by atoms with Crippen molar-refractivity contribution >= 4 is 17.5 Å². The van der Waals surface area contributed by atoms with Crippen LogP contribution in [0.4, 0.5) is 20.6 Å². The number of carbonyl (C=O) groups is 1. The minimum absolute atomic E-state index is 0.142. The van der Waals surface area contributed by atoms with E-state index in [1.54, 1.807) is 18.2 Å². The molecular weight excluding hydrogens is 355 g/mol. The standard InChI is InChI=1S/C18H21FN4O4/c19-15-9-13(1-2-16(15)22-6-3-12(20)4-7-22)23-10-14(27-18(23)24)11-25-17-5-8-26-21-17/h1-2,5,8-9,12,14H,3-4,6-7,10-11,20H2. The molecule has 0 radical (unpaired) electrons. The first-order chi connectivity index (χ1) is 13.1. The SMILES string of the molecule is NC1CCN(c2ccc(N3CC(COc4ccon4)OC3=O)cc2F)CC1. The molecule has 0 bridgehead atoms. The Labute approximate surface area is 155 Å². The van der Waals surface area contributed by atoms with Gasteiger partial charge in [-0.3, -0.25) is 4.90 Å². The van der Waals surface area contributed by atoms with E-state index in [1.807, 2.05) is 4.90 Å². The fourth-order valence-corrected chi connectivity index (χ4v) is 3.33. The van der Waals surface area contributed by atoms with Gasteiger partial charge in [0.1, 0.15) is 18.7 Å². The summed E-state index contributed by atoms with van der Waals surface area (Å²) in [5, 5.41) is 3.63. The maximum atomic E-state index is 14.6. The molecule has 2 aliphatic rings. The molecule has 0 saturated carbocycles. The van der Waals surface area contributed by atoms with Crippen LogP contribution < -0.4 is 20.3 Å². The summed E-state index contributed by atoms with van der Waals surface area (Å²) in [7, 11) is 0. The van der Waals surface area contributed by atoms with Crippen molar-refractivity contribution in [3.63, 3.8) is 0 Å². The van der Waals surface area contributed by atoms with Crippen LogP contribution in [-0.2, 0) is 4.74 Å². The van der Waals surface area contributed by atoms with Crippen molar-refractivity contribution in [1.82, 2.24) is 5.16 Å². The summed E-state index contributed by atoms with van der Waals surface area (Å²) >= 11 is 0. The first-order valence-electron chi connectivity index (χ1n) is 8.91. The Morgan fingerprint density at radius 3 is 2.81 bits per heavy atom. The highest BCUT2D eigenvalue weighted by atomic mass is 19.1. The van der Waals surface area contributed by atoms with Crippen LogP contribution in [0.3, 0.4) is 0 Å². The molecule has 2 N–H and O–H groups in total. The van der Waals surface area contributed by atoms with Gasteiger partial charge in [-0.05, 0) is 36.2 Å². The van der Waals surface area contributed by atoms with Crippen molar-refractivity contribution in [2.24, 2.45) is 5.73 Å². The van der Waals surface area contributed by atoms with Crippen LogP contribution in [0.25, 0.3) is 0 Å². The van der Waals surface area contributed by atoms with Gasteiger partial charge in [0.05, 0.1) is 17.9 Å². The highest BCUT2D eigenvalue weighted by molar-refractivity contribution is 5.90. The largest absolute Gasteiger partial charge is 0.471 e. The molecule has 9 heteroatoms. The van der Waals surface area contributed by atoms with Gasteiger partial charge in [-0.1, -0.05) is 0 Å². The zero-order valence-electron chi connectivity index (χ0n) is 14.7. The zero-order chi connectivity index (χ0) is 18.8. The lowest BCUT2D eigenvalue weighted by molar-refractivity contribution is 0.102. The predicted octanol–water partition coefficient (Wildman–Crippen LogP) is 2.15. The van der Waals surface area contributed by atoms with Gasteiger partial charge in [-0.25, -0.2) is 9.18 Å². The van der Waals surface area contributed by atoms with E-state index in [-0.39, 0.29) is 25.0 Å². The van der Waals surface area contributed by atoms with Gasteiger partial charge in [0, 0.05) is 25.2 Å². The number of rotatable bonds is 5. The molecule has 1 aromatic carbocycles. The maximum Gasteiger partial charge on any atom is 0.414 e. The fourth-order valence-electron chi connectivity index (χ4n) is 3.33. The fraction of sp³-hybridized carbons (Fsp3) is 0.444. The number of ether oxygens (including phenoxy) is 2. The number of nitrogens with zero attached hydrogens (tertiary/aromatic N) is 3. The van der Waals surface area contributed by atoms with Crippen LogP contribution in [0.5, 0.6) is 5.88 Å². The molecule has 144 valence electrons. The molecule has 2 saturated heterocycles. The van der Waals surface area contributed by atoms with Gasteiger partial charge in [-0.2, -0.15) is 0 Å². The average Bonchev–Trinajstić information content (AvgIpc) is 3.30. The quantitative estimate of drug-likeness (QED) is 0.854. The second kappa shape index (κ2) is 7.43. The third kappa shape index (κ3) is 3.82. The summed E-state index contributed by atoms with van der Waals surface area (Å²) in [4.78, 5) is 15.5. The van der Waals surface area contributed by atoms with Crippen LogP contribution in [0.1, 0.15) is 12.8 Å². The number of carbonyl (C=O) groups excluding carboxylic acids is 1. The summed E-state index contributed by atoms with van der Waals surface area (Å²) < 4.78 is 30.0. The number of halogens is 1. The first-order valence-corrected chi connectivity index (χ1v) is 8.91. The van der Waals surface area contributed by atoms with Crippen LogP contribution >= 0.6 is 0 Å². The van der Waals surface area contributed by atoms with Gasteiger partial charge in [0.25, 0.3) is 5.88 Å². The Morgan fingerprint density at radius 1 is 1.30 bits per heavy atom. The molecule has 4 rings (SSSR count). The smallest absolute Gasteiger partial charge is 0.414 e. The van der Waals surface area contributed by atoms with Gasteiger partial charge >= 0.3 is 6.09 Å². The third-order valence-corrected chi connectivity index (χ3v) is 4.83. The molecule has 0 aliphatic carbocycles. The van der Waals surface area contributed by atoms with Crippen molar-refractivity contribution in [1.29, 1.82) is 0 Å². The topological polar surface area (TPSA) is 94.1 Å². The molecule has 1 atom stereocenters. The number of amides is 1. The Balaban J connectivity index is 1.40. The number of hydrogen-bond acceptors (Lipinski definition) is 7. The Morgan fingerprint density at radius 2 is 2.11 bits per heavy atom. The Kier molecular flexibility index (Phi) is 4.85. The van der Waals surface area contributed by atoms with E-state index in [1.165, 1.54) is 17.2 Å². The molecule has 27 heavy (non-hydrogen) atoms. The Bertz CT molecular complexity index is 793. The molecule has 8 nitrogen and oxygen atoms in total. The minimum Gasteiger partial charge on any atom is -0.471 e. The van der Waals surface area contributed by atoms with E-state index in [9.17, 15) is 9.18 Å². The van der Waals surface area contributed by atoms with Gasteiger partial charge in [0.2, 0.25) is 0 Å². The number of cyclic esters (lactones) is 1. The second-order valence-electron chi connectivity index (χ2n) is 6.73. The number of benzene rings is 1. The van der Waals surface area contributed by atoms with Gasteiger partial charge in [-0.15, -0.1) is 0 Å². The first kappa shape index (κ1) is 17.6. The lowest BCUT2D eigenvalue weighted by atomic mass is 10.1. The molecule has 1 aromatic heterocycles. The third-order valence-electron chi connectivity index (χ3n) is 4.83. The molecule has 1 amide bonds. The molecular formula is C18H21FN4O4. The lowest BCUT2D eigenvalue weighted by Crippen LogP contribution is -2.40. The van der Waals surface area contributed by atoms with Crippen molar-refractivity contribution in [2.75, 3.05) is 36.0 Å². The highest BCUT2D eigenvalue weighted by Crippen LogP contribution is 2.29. The molecule has 2 aliphatic heterocycles. The zero-order valence-corrected chi connectivity index (χ0v) is 14.7. The normalized spacial score (nSPS) is 20.8. The van der Waals surface area contributed by atoms with E-state index in [2.05, 4.69) is 9.68 Å². The monoisotopic (exact) mass is 376 g/mol. The van der Waals surface area contributed by atoms with Gasteiger partial charge in [0.15, 0.2) is 6.10 Å². The van der Waals surface area contributed by atoms with Crippen molar-refractivity contribution in [3.05, 3.63) is 36.3 Å². The maximum absolute atomic E-state index is 14.6. The van der Waals surface area contributed by atoms with Crippen molar-refractivity contribution < 1.29 is 23.2 Å². The van der Waals surface area contributed by atoms with Crippen molar-refractivity contribution in [3.8, 4) is 5.88 Å². The average molecular weight is 376 g/mol. The lowest BCUT2D eigenvalue weighted by Gasteiger charge is -2.32. The summed E-state index contributed by atoms with van der Waals surface area (Å²) in [6, 6.07) is 6.55. The number of aromatic nitrogens is 1. The van der Waals surface area contributed by atoms with Crippen LogP contribution in [0, 0.1) is 5.82 Å². The van der Waals surface area contributed by atoms with E-state index in [0.717, 1.165) is 25.9 Å².